The number of hydrogen-bond donors (Lipinski definition) is 3. The minimum absolute atomic E-state index is 0.0137. The topological polar surface area (TPSA) is 103 Å². The fraction of sp³-hybridized carbons (Fsp3) is 0.500. The number of aliphatic hydroxyl groups excluding tert-OH is 1. The van der Waals surface area contributed by atoms with Gasteiger partial charge in [0, 0.05) is 19.2 Å². The molecule has 0 aromatic heterocycles. The lowest BCUT2D eigenvalue weighted by Gasteiger charge is -2.18. The van der Waals surface area contributed by atoms with Crippen LogP contribution >= 0.6 is 0 Å². The third-order valence-corrected chi connectivity index (χ3v) is 2.95. The maximum atomic E-state index is 11.7. The average molecular weight is 298 g/mol. The molecule has 7 heteroatoms. The Morgan fingerprint density at radius 1 is 1.33 bits per heavy atom. The van der Waals surface area contributed by atoms with Crippen molar-refractivity contribution in [1.29, 1.82) is 0 Å². The molecule has 0 heterocycles. The van der Waals surface area contributed by atoms with Crippen molar-refractivity contribution in [3.05, 3.63) is 23.8 Å². The normalized spacial score (nSPS) is 13.4. The fourth-order valence-corrected chi connectivity index (χ4v) is 1.79. The number of methoxy groups -OCH3 is 3. The summed E-state index contributed by atoms with van der Waals surface area (Å²) in [5, 5.41) is 12.8. The van der Waals surface area contributed by atoms with Crippen molar-refractivity contribution in [3.63, 3.8) is 0 Å². The summed E-state index contributed by atoms with van der Waals surface area (Å²) in [5.41, 5.74) is 6.12. The van der Waals surface area contributed by atoms with Gasteiger partial charge in [-0.3, -0.25) is 4.79 Å². The number of nitrogens with one attached hydrogen (secondary N) is 1. The molecule has 2 atom stereocenters. The molecule has 4 N–H and O–H groups in total. The van der Waals surface area contributed by atoms with Gasteiger partial charge in [0.25, 0.3) is 0 Å². The van der Waals surface area contributed by atoms with E-state index in [2.05, 4.69) is 5.32 Å². The zero-order valence-corrected chi connectivity index (χ0v) is 12.5. The summed E-state index contributed by atoms with van der Waals surface area (Å²) in [5.74, 6) is 0.712. The molecule has 118 valence electrons. The number of ether oxygens (including phenoxy) is 3. The molecule has 1 aromatic rings. The zero-order valence-electron chi connectivity index (χ0n) is 12.5. The summed E-state index contributed by atoms with van der Waals surface area (Å²) in [4.78, 5) is 11.7. The van der Waals surface area contributed by atoms with Gasteiger partial charge in [0.05, 0.1) is 26.9 Å². The predicted molar refractivity (Wildman–Crippen MR) is 77.4 cm³/mol. The lowest BCUT2D eigenvalue weighted by atomic mass is 10.1. The number of rotatable bonds is 8. The highest BCUT2D eigenvalue weighted by molar-refractivity contribution is 5.81. The Morgan fingerprint density at radius 3 is 2.62 bits per heavy atom. The first kappa shape index (κ1) is 17.2. The van der Waals surface area contributed by atoms with Gasteiger partial charge in [0.1, 0.15) is 17.5 Å². The van der Waals surface area contributed by atoms with Crippen molar-refractivity contribution >= 4 is 5.91 Å². The van der Waals surface area contributed by atoms with Gasteiger partial charge in [-0.05, 0) is 18.2 Å². The first-order valence-electron chi connectivity index (χ1n) is 6.45. The van der Waals surface area contributed by atoms with E-state index in [0.717, 1.165) is 0 Å². The number of carbonyl (C=O) groups is 1. The Labute approximate surface area is 124 Å². The van der Waals surface area contributed by atoms with E-state index in [-0.39, 0.29) is 13.2 Å². The second kappa shape index (κ2) is 8.46. The summed E-state index contributed by atoms with van der Waals surface area (Å²) in [7, 11) is 4.50. The van der Waals surface area contributed by atoms with Crippen molar-refractivity contribution in [1.82, 2.24) is 5.32 Å². The molecular weight excluding hydrogens is 276 g/mol. The number of benzene rings is 1. The second-order valence-corrected chi connectivity index (χ2v) is 4.43. The van der Waals surface area contributed by atoms with Crippen LogP contribution in [0.15, 0.2) is 18.2 Å². The van der Waals surface area contributed by atoms with E-state index in [1.54, 1.807) is 18.2 Å². The highest BCUT2D eigenvalue weighted by Crippen LogP contribution is 2.28. The van der Waals surface area contributed by atoms with Crippen LogP contribution in [0.25, 0.3) is 0 Å². The van der Waals surface area contributed by atoms with Crippen LogP contribution in [0.3, 0.4) is 0 Å². The van der Waals surface area contributed by atoms with Gasteiger partial charge >= 0.3 is 0 Å². The summed E-state index contributed by atoms with van der Waals surface area (Å²) in [6, 6.07) is 4.30. The highest BCUT2D eigenvalue weighted by Gasteiger charge is 2.18. The molecule has 1 rings (SSSR count). The number of aliphatic hydroxyl groups is 1. The zero-order chi connectivity index (χ0) is 15.8. The van der Waals surface area contributed by atoms with Crippen LogP contribution in [-0.2, 0) is 9.53 Å². The molecule has 0 bridgehead atoms. The smallest absolute Gasteiger partial charge is 0.239 e. The molecule has 0 aliphatic heterocycles. The van der Waals surface area contributed by atoms with Gasteiger partial charge < -0.3 is 30.4 Å². The van der Waals surface area contributed by atoms with Gasteiger partial charge in [-0.1, -0.05) is 0 Å². The first-order valence-corrected chi connectivity index (χ1v) is 6.45. The Kier molecular flexibility index (Phi) is 6.93. The summed E-state index contributed by atoms with van der Waals surface area (Å²) in [6.07, 6.45) is -0.936. The van der Waals surface area contributed by atoms with Crippen molar-refractivity contribution in [3.8, 4) is 11.5 Å². The van der Waals surface area contributed by atoms with Crippen molar-refractivity contribution in [2.45, 2.75) is 12.1 Å². The average Bonchev–Trinajstić information content (AvgIpc) is 2.51. The molecule has 0 saturated carbocycles. The molecule has 7 nitrogen and oxygen atoms in total. The molecule has 0 fully saturated rings. The fourth-order valence-electron chi connectivity index (χ4n) is 1.79. The van der Waals surface area contributed by atoms with Gasteiger partial charge in [-0.25, -0.2) is 0 Å². The van der Waals surface area contributed by atoms with E-state index in [1.165, 1.54) is 21.3 Å². The summed E-state index contributed by atoms with van der Waals surface area (Å²) < 4.78 is 15.1. The number of carbonyl (C=O) groups excluding carboxylic acids is 1. The van der Waals surface area contributed by atoms with Gasteiger partial charge in [0.2, 0.25) is 5.91 Å². The van der Waals surface area contributed by atoms with E-state index >= 15 is 0 Å². The summed E-state index contributed by atoms with van der Waals surface area (Å²) in [6.45, 7) is 0.129. The Morgan fingerprint density at radius 2 is 2.05 bits per heavy atom. The second-order valence-electron chi connectivity index (χ2n) is 4.43. The molecule has 0 aliphatic rings. The monoisotopic (exact) mass is 298 g/mol. The first-order chi connectivity index (χ1) is 10.0. The van der Waals surface area contributed by atoms with Crippen LogP contribution in [0.4, 0.5) is 0 Å². The molecule has 1 amide bonds. The van der Waals surface area contributed by atoms with Crippen molar-refractivity contribution in [2.24, 2.45) is 5.73 Å². The molecule has 2 unspecified atom stereocenters. The van der Waals surface area contributed by atoms with E-state index < -0.39 is 18.1 Å². The molecule has 0 radical (unpaired) electrons. The van der Waals surface area contributed by atoms with Crippen LogP contribution in [0.2, 0.25) is 0 Å². The number of hydrogen-bond acceptors (Lipinski definition) is 6. The van der Waals surface area contributed by atoms with Crippen LogP contribution in [0.5, 0.6) is 11.5 Å². The quantitative estimate of drug-likeness (QED) is 0.615. The van der Waals surface area contributed by atoms with E-state index in [9.17, 15) is 9.90 Å². The van der Waals surface area contributed by atoms with Gasteiger partial charge in [-0.2, -0.15) is 0 Å². The van der Waals surface area contributed by atoms with Crippen LogP contribution in [0.1, 0.15) is 11.7 Å². The maximum Gasteiger partial charge on any atom is 0.239 e. The SMILES string of the molecule is COCC(N)C(=O)NCC(O)c1cc(OC)ccc1OC. The van der Waals surface area contributed by atoms with E-state index in [0.29, 0.717) is 17.1 Å². The highest BCUT2D eigenvalue weighted by atomic mass is 16.5. The van der Waals surface area contributed by atoms with Gasteiger partial charge in [0.15, 0.2) is 0 Å². The minimum Gasteiger partial charge on any atom is -0.497 e. The van der Waals surface area contributed by atoms with Crippen molar-refractivity contribution < 1.29 is 24.1 Å². The standard InChI is InChI=1S/C14H22N2O5/c1-19-8-11(15)14(18)16-7-12(17)10-6-9(20-2)4-5-13(10)21-3/h4-6,11-12,17H,7-8,15H2,1-3H3,(H,16,18). The van der Waals surface area contributed by atoms with E-state index in [4.69, 9.17) is 19.9 Å². The Hall–Kier alpha value is -1.83. The maximum absolute atomic E-state index is 11.7. The lowest BCUT2D eigenvalue weighted by molar-refractivity contribution is -0.123. The predicted octanol–water partition coefficient (Wildman–Crippen LogP) is -0.173. The third-order valence-electron chi connectivity index (χ3n) is 2.95. The van der Waals surface area contributed by atoms with Crippen LogP contribution in [0, 0.1) is 0 Å². The molecule has 0 saturated heterocycles. The number of amides is 1. The number of nitrogens with two attached hydrogens (primary N) is 1. The van der Waals surface area contributed by atoms with Crippen LogP contribution < -0.4 is 20.5 Å². The lowest BCUT2D eigenvalue weighted by Crippen LogP contribution is -2.44. The third kappa shape index (κ3) is 4.89. The molecular formula is C14H22N2O5. The van der Waals surface area contributed by atoms with Crippen molar-refractivity contribution in [2.75, 3.05) is 34.5 Å². The molecule has 21 heavy (non-hydrogen) atoms. The molecule has 0 spiro atoms. The molecule has 0 aliphatic carbocycles. The summed E-state index contributed by atoms with van der Waals surface area (Å²) >= 11 is 0. The Balaban J connectivity index is 2.70. The Bertz CT molecular complexity index is 467. The van der Waals surface area contributed by atoms with Crippen LogP contribution in [-0.4, -0.2) is 51.5 Å². The largest absolute Gasteiger partial charge is 0.497 e. The minimum atomic E-state index is -0.936. The van der Waals surface area contributed by atoms with E-state index in [1.807, 2.05) is 0 Å². The van der Waals surface area contributed by atoms with Gasteiger partial charge in [-0.15, -0.1) is 0 Å². The molecule has 1 aromatic carbocycles.